The third-order valence-electron chi connectivity index (χ3n) is 6.11. The fourth-order valence-corrected chi connectivity index (χ4v) is 4.21. The highest BCUT2D eigenvalue weighted by molar-refractivity contribution is 5.83. The van der Waals surface area contributed by atoms with E-state index >= 15 is 0 Å². The molecule has 1 aliphatic carbocycles. The second kappa shape index (κ2) is 11.7. The lowest BCUT2D eigenvalue weighted by Crippen LogP contribution is -2.41. The van der Waals surface area contributed by atoms with Crippen molar-refractivity contribution >= 4 is 17.6 Å². The van der Waals surface area contributed by atoms with Gasteiger partial charge in [-0.3, -0.25) is 9.59 Å². The molecule has 1 aliphatic rings. The number of anilines is 1. The second-order valence-corrected chi connectivity index (χ2v) is 8.43. The van der Waals surface area contributed by atoms with Gasteiger partial charge >= 0.3 is 5.97 Å². The summed E-state index contributed by atoms with van der Waals surface area (Å²) in [6.45, 7) is -0.0565. The molecule has 1 fully saturated rings. The van der Waals surface area contributed by atoms with Crippen LogP contribution in [0.25, 0.3) is 0 Å². The zero-order valence-electron chi connectivity index (χ0n) is 18.7. The Kier molecular flexibility index (Phi) is 8.65. The molecule has 178 valence electrons. The first-order valence-electron chi connectivity index (χ1n) is 11.2. The van der Waals surface area contributed by atoms with E-state index in [0.29, 0.717) is 44.3 Å². The smallest absolute Gasteiger partial charge is 0.323 e. The van der Waals surface area contributed by atoms with E-state index in [1.54, 1.807) is 19.2 Å². The topological polar surface area (TPSA) is 99.1 Å². The van der Waals surface area contributed by atoms with Crippen molar-refractivity contribution in [2.24, 2.45) is 5.92 Å². The molecule has 3 atom stereocenters. The van der Waals surface area contributed by atoms with Crippen LogP contribution in [0.15, 0.2) is 48.5 Å². The van der Waals surface area contributed by atoms with Crippen molar-refractivity contribution in [2.75, 3.05) is 25.5 Å². The van der Waals surface area contributed by atoms with Crippen molar-refractivity contribution in [1.82, 2.24) is 4.90 Å². The molecule has 33 heavy (non-hydrogen) atoms. The van der Waals surface area contributed by atoms with E-state index in [2.05, 4.69) is 5.32 Å². The quantitative estimate of drug-likeness (QED) is 0.499. The molecule has 0 aromatic heterocycles. The lowest BCUT2D eigenvalue weighted by atomic mass is 9.98. The van der Waals surface area contributed by atoms with Gasteiger partial charge in [-0.2, -0.15) is 0 Å². The van der Waals surface area contributed by atoms with Crippen LogP contribution < -0.4 is 10.1 Å². The molecule has 0 radical (unpaired) electrons. The molecule has 1 amide bonds. The summed E-state index contributed by atoms with van der Waals surface area (Å²) in [5.74, 6) is -1.20. The van der Waals surface area contributed by atoms with Crippen LogP contribution in [-0.4, -0.2) is 59.3 Å². The Bertz CT molecular complexity index is 919. The number of carboxylic acids is 1. The SMILES string of the molecule is COc1ccc(CCN(CC(=O)O)C(=O)[C@@H]2CC[C@H](Nc3ccc(F)cc3)[C@@H](O)CC2)cc1. The number of rotatable bonds is 9. The highest BCUT2D eigenvalue weighted by atomic mass is 19.1. The Morgan fingerprint density at radius 2 is 1.73 bits per heavy atom. The average Bonchev–Trinajstić information content (AvgIpc) is 2.99. The van der Waals surface area contributed by atoms with E-state index < -0.39 is 12.1 Å². The number of hydrogen-bond acceptors (Lipinski definition) is 5. The van der Waals surface area contributed by atoms with Crippen LogP contribution >= 0.6 is 0 Å². The number of carbonyl (C=O) groups excluding carboxylic acids is 1. The molecule has 0 unspecified atom stereocenters. The minimum Gasteiger partial charge on any atom is -0.497 e. The van der Waals surface area contributed by atoms with Gasteiger partial charge in [-0.15, -0.1) is 0 Å². The predicted molar refractivity (Wildman–Crippen MR) is 123 cm³/mol. The van der Waals surface area contributed by atoms with Gasteiger partial charge in [0.1, 0.15) is 18.1 Å². The first-order chi connectivity index (χ1) is 15.9. The van der Waals surface area contributed by atoms with Crippen LogP contribution in [0.4, 0.5) is 10.1 Å². The number of carboxylic acid groups (broad SMARTS) is 1. The Balaban J connectivity index is 1.61. The molecule has 0 saturated heterocycles. The summed E-state index contributed by atoms with van der Waals surface area (Å²) in [6.07, 6.45) is 1.88. The van der Waals surface area contributed by atoms with Gasteiger partial charge in [0.05, 0.1) is 19.3 Å². The molecular weight excluding hydrogens is 427 g/mol. The fraction of sp³-hybridized carbons (Fsp3) is 0.440. The van der Waals surface area contributed by atoms with E-state index in [-0.39, 0.29) is 30.2 Å². The minimum atomic E-state index is -1.05. The summed E-state index contributed by atoms with van der Waals surface area (Å²) in [5.41, 5.74) is 1.69. The number of carbonyl (C=O) groups is 2. The van der Waals surface area contributed by atoms with Gasteiger partial charge in [-0.1, -0.05) is 12.1 Å². The van der Waals surface area contributed by atoms with Gasteiger partial charge in [0.15, 0.2) is 0 Å². The van der Waals surface area contributed by atoms with E-state index in [0.717, 1.165) is 11.3 Å². The lowest BCUT2D eigenvalue weighted by Gasteiger charge is -2.25. The lowest BCUT2D eigenvalue weighted by molar-refractivity contribution is -0.146. The molecule has 2 aromatic carbocycles. The highest BCUT2D eigenvalue weighted by Gasteiger charge is 2.32. The maximum Gasteiger partial charge on any atom is 0.323 e. The highest BCUT2D eigenvalue weighted by Crippen LogP contribution is 2.28. The van der Waals surface area contributed by atoms with Crippen LogP contribution in [0.2, 0.25) is 0 Å². The van der Waals surface area contributed by atoms with Crippen molar-refractivity contribution in [3.63, 3.8) is 0 Å². The number of amides is 1. The molecule has 0 bridgehead atoms. The zero-order valence-corrected chi connectivity index (χ0v) is 18.7. The summed E-state index contributed by atoms with van der Waals surface area (Å²) < 4.78 is 18.3. The number of ether oxygens (including phenoxy) is 1. The predicted octanol–water partition coefficient (Wildman–Crippen LogP) is 3.32. The molecule has 0 aliphatic heterocycles. The van der Waals surface area contributed by atoms with E-state index in [1.165, 1.54) is 17.0 Å². The first-order valence-corrected chi connectivity index (χ1v) is 11.2. The summed E-state index contributed by atoms with van der Waals surface area (Å²) in [7, 11) is 1.59. The monoisotopic (exact) mass is 458 g/mol. The van der Waals surface area contributed by atoms with Crippen LogP contribution in [0.3, 0.4) is 0 Å². The van der Waals surface area contributed by atoms with Crippen molar-refractivity contribution in [3.8, 4) is 5.75 Å². The summed E-state index contributed by atoms with van der Waals surface area (Å²) in [6, 6.07) is 13.1. The number of aliphatic hydroxyl groups is 1. The maximum absolute atomic E-state index is 13.2. The summed E-state index contributed by atoms with van der Waals surface area (Å²) in [5, 5.41) is 23.1. The normalized spacial score (nSPS) is 20.5. The van der Waals surface area contributed by atoms with Gasteiger partial charge in [0.25, 0.3) is 0 Å². The van der Waals surface area contributed by atoms with Crippen molar-refractivity contribution in [3.05, 3.63) is 59.9 Å². The molecule has 3 rings (SSSR count). The molecule has 2 aromatic rings. The van der Waals surface area contributed by atoms with Gasteiger partial charge in [0.2, 0.25) is 5.91 Å². The third-order valence-corrected chi connectivity index (χ3v) is 6.11. The van der Waals surface area contributed by atoms with Crippen LogP contribution in [0.1, 0.15) is 31.2 Å². The molecule has 0 spiro atoms. The Morgan fingerprint density at radius 3 is 2.36 bits per heavy atom. The van der Waals surface area contributed by atoms with Crippen molar-refractivity contribution in [2.45, 2.75) is 44.2 Å². The second-order valence-electron chi connectivity index (χ2n) is 8.43. The minimum absolute atomic E-state index is 0.194. The van der Waals surface area contributed by atoms with E-state index in [4.69, 9.17) is 4.74 Å². The number of methoxy groups -OCH3 is 1. The maximum atomic E-state index is 13.2. The molecule has 3 N–H and O–H groups in total. The van der Waals surface area contributed by atoms with Gasteiger partial charge in [-0.05, 0) is 74.1 Å². The number of nitrogens with zero attached hydrogens (tertiary/aromatic N) is 1. The van der Waals surface area contributed by atoms with Gasteiger partial charge in [0, 0.05) is 18.2 Å². The Labute approximate surface area is 193 Å². The number of benzene rings is 2. The van der Waals surface area contributed by atoms with E-state index in [1.807, 2.05) is 24.3 Å². The summed E-state index contributed by atoms with van der Waals surface area (Å²) >= 11 is 0. The van der Waals surface area contributed by atoms with Crippen LogP contribution in [0, 0.1) is 11.7 Å². The van der Waals surface area contributed by atoms with Crippen LogP contribution in [-0.2, 0) is 16.0 Å². The van der Waals surface area contributed by atoms with Crippen molar-refractivity contribution < 1.29 is 28.9 Å². The third kappa shape index (κ3) is 7.18. The number of hydrogen-bond donors (Lipinski definition) is 3. The zero-order chi connectivity index (χ0) is 23.8. The fourth-order valence-electron chi connectivity index (χ4n) is 4.21. The Hall–Kier alpha value is -3.13. The van der Waals surface area contributed by atoms with Gasteiger partial charge < -0.3 is 25.2 Å². The Morgan fingerprint density at radius 1 is 1.06 bits per heavy atom. The summed E-state index contributed by atoms with van der Waals surface area (Å²) in [4.78, 5) is 26.0. The standard InChI is InChI=1S/C25H31FN2O5/c1-33-21-10-2-17(3-11-21)14-15-28(16-24(30)31)25(32)18-4-12-22(23(29)13-5-18)27-20-8-6-19(26)7-9-20/h2-3,6-11,18,22-23,27,29H,4-5,12-16H2,1H3,(H,30,31)/t18-,22+,23+/m1/s1. The number of aliphatic carboxylic acids is 1. The average molecular weight is 459 g/mol. The van der Waals surface area contributed by atoms with Gasteiger partial charge in [-0.25, -0.2) is 4.39 Å². The number of aliphatic hydroxyl groups excluding tert-OH is 1. The molecule has 7 nitrogen and oxygen atoms in total. The first kappa shape index (κ1) is 24.5. The molecule has 0 heterocycles. The number of nitrogens with one attached hydrogen (secondary N) is 1. The molecule has 8 heteroatoms. The molecular formula is C25H31FN2O5. The largest absolute Gasteiger partial charge is 0.497 e. The number of halogens is 1. The van der Waals surface area contributed by atoms with Crippen molar-refractivity contribution in [1.29, 1.82) is 0 Å². The molecule has 1 saturated carbocycles. The van der Waals surface area contributed by atoms with Crippen LogP contribution in [0.5, 0.6) is 5.75 Å². The van der Waals surface area contributed by atoms with E-state index in [9.17, 15) is 24.2 Å².